The minimum atomic E-state index is -4.73. The Bertz CT molecular complexity index is 622. The van der Waals surface area contributed by atoms with Crippen LogP contribution in [0.1, 0.15) is 162 Å². The molecule has 0 saturated carbocycles. The van der Waals surface area contributed by atoms with E-state index < -0.39 is 32.5 Å². The zero-order valence-electron chi connectivity index (χ0n) is 25.0. The van der Waals surface area contributed by atoms with Gasteiger partial charge in [0, 0.05) is 12.8 Å². The van der Waals surface area contributed by atoms with Crippen molar-refractivity contribution in [1.29, 1.82) is 0 Å². The van der Waals surface area contributed by atoms with Crippen LogP contribution in [-0.2, 0) is 28.2 Å². The van der Waals surface area contributed by atoms with Crippen LogP contribution in [0.15, 0.2) is 0 Å². The van der Waals surface area contributed by atoms with Crippen LogP contribution >= 0.6 is 7.82 Å². The van der Waals surface area contributed by atoms with Gasteiger partial charge in [0.2, 0.25) is 0 Å². The molecule has 0 aromatic heterocycles. The van der Waals surface area contributed by atoms with Crippen LogP contribution in [0.4, 0.5) is 0 Å². The Morgan fingerprint density at radius 2 is 0.923 bits per heavy atom. The summed E-state index contributed by atoms with van der Waals surface area (Å²) in [6, 6.07) is 0. The third-order valence-electron chi connectivity index (χ3n) is 6.88. The van der Waals surface area contributed by atoms with Crippen molar-refractivity contribution in [3.05, 3.63) is 0 Å². The molecule has 0 aliphatic carbocycles. The fourth-order valence-corrected chi connectivity index (χ4v) is 4.85. The van der Waals surface area contributed by atoms with Crippen molar-refractivity contribution in [1.82, 2.24) is 0 Å². The molecule has 0 spiro atoms. The summed E-state index contributed by atoms with van der Waals surface area (Å²) in [7, 11) is -4.73. The summed E-state index contributed by atoms with van der Waals surface area (Å²) in [5, 5.41) is 0. The van der Waals surface area contributed by atoms with Crippen LogP contribution in [0.25, 0.3) is 0 Å². The van der Waals surface area contributed by atoms with Crippen molar-refractivity contribution >= 4 is 19.8 Å². The van der Waals surface area contributed by atoms with Gasteiger partial charge in [-0.05, 0) is 12.8 Å². The second-order valence-corrected chi connectivity index (χ2v) is 12.0. The van der Waals surface area contributed by atoms with Gasteiger partial charge >= 0.3 is 19.8 Å². The third-order valence-corrected chi connectivity index (χ3v) is 7.36. The highest BCUT2D eigenvalue weighted by Gasteiger charge is 2.22. The molecule has 1 unspecified atom stereocenters. The molecule has 1 atom stereocenters. The predicted octanol–water partition coefficient (Wildman–Crippen LogP) is 8.56. The lowest BCUT2D eigenvalue weighted by Gasteiger charge is -2.18. The van der Waals surface area contributed by atoms with Crippen LogP contribution in [-0.4, -0.2) is 41.0 Å². The van der Waals surface area contributed by atoms with Crippen LogP contribution < -0.4 is 0 Å². The summed E-state index contributed by atoms with van der Waals surface area (Å²) < 4.78 is 26.1. The smallest absolute Gasteiger partial charge is 0.462 e. The third kappa shape index (κ3) is 29.8. The minimum Gasteiger partial charge on any atom is -0.462 e. The van der Waals surface area contributed by atoms with E-state index in [9.17, 15) is 14.2 Å². The fourth-order valence-electron chi connectivity index (χ4n) is 4.49. The van der Waals surface area contributed by atoms with E-state index in [1.54, 1.807) is 0 Å². The van der Waals surface area contributed by atoms with Gasteiger partial charge in [-0.1, -0.05) is 136 Å². The molecule has 0 saturated heterocycles. The van der Waals surface area contributed by atoms with Gasteiger partial charge in [-0.3, -0.25) is 14.1 Å². The summed E-state index contributed by atoms with van der Waals surface area (Å²) in [6.45, 7) is 3.64. The molecule has 232 valence electrons. The molecule has 0 aliphatic heterocycles. The fraction of sp³-hybridized carbons (Fsp3) is 0.933. The predicted molar refractivity (Wildman–Crippen MR) is 156 cm³/mol. The van der Waals surface area contributed by atoms with E-state index in [0.29, 0.717) is 6.42 Å². The number of hydrogen-bond donors (Lipinski definition) is 2. The summed E-state index contributed by atoms with van der Waals surface area (Å²) in [6.07, 6.45) is 24.0. The Kier molecular flexibility index (Phi) is 26.6. The van der Waals surface area contributed by atoms with Gasteiger partial charge in [-0.25, -0.2) is 4.57 Å². The second kappa shape index (κ2) is 27.2. The van der Waals surface area contributed by atoms with Crippen LogP contribution in [0.2, 0.25) is 0 Å². The number of carbonyl (C=O) groups is 2. The first-order valence-corrected chi connectivity index (χ1v) is 17.4. The highest BCUT2D eigenvalue weighted by atomic mass is 31.2. The lowest BCUT2D eigenvalue weighted by molar-refractivity contribution is -0.161. The molecule has 0 rings (SSSR count). The maximum absolute atomic E-state index is 12.2. The van der Waals surface area contributed by atoms with E-state index in [-0.39, 0.29) is 19.4 Å². The van der Waals surface area contributed by atoms with E-state index in [2.05, 4.69) is 18.4 Å². The zero-order chi connectivity index (χ0) is 29.0. The second-order valence-electron chi connectivity index (χ2n) is 10.8. The van der Waals surface area contributed by atoms with Gasteiger partial charge in [0.15, 0.2) is 6.10 Å². The Hall–Kier alpha value is -0.950. The quantitative estimate of drug-likeness (QED) is 0.0514. The molecule has 9 heteroatoms. The van der Waals surface area contributed by atoms with Gasteiger partial charge in [-0.2, -0.15) is 0 Å². The molecule has 0 heterocycles. The zero-order valence-corrected chi connectivity index (χ0v) is 25.9. The standard InChI is InChI=1S/C30H59O8P/c1-3-5-7-9-11-13-15-17-19-21-23-25-30(32)38-28(27-37-39(33,34)35)26-36-29(31)24-22-20-18-16-14-12-10-8-6-4-2/h28H,3-27H2,1-2H3,(H2,33,34,35). The van der Waals surface area contributed by atoms with Gasteiger partial charge in [0.05, 0.1) is 6.61 Å². The van der Waals surface area contributed by atoms with E-state index in [1.165, 1.54) is 89.9 Å². The minimum absolute atomic E-state index is 0.218. The normalized spacial score (nSPS) is 12.4. The lowest BCUT2D eigenvalue weighted by atomic mass is 10.1. The Balaban J connectivity index is 4.03. The molecule has 8 nitrogen and oxygen atoms in total. The molecular formula is C30H59O8P. The van der Waals surface area contributed by atoms with E-state index in [4.69, 9.17) is 19.3 Å². The van der Waals surface area contributed by atoms with Crippen molar-refractivity contribution < 1.29 is 37.9 Å². The number of phosphoric acid groups is 1. The van der Waals surface area contributed by atoms with E-state index >= 15 is 0 Å². The average Bonchev–Trinajstić information content (AvgIpc) is 2.89. The molecule has 0 aliphatic rings. The molecular weight excluding hydrogens is 519 g/mol. The van der Waals surface area contributed by atoms with Crippen molar-refractivity contribution in [3.8, 4) is 0 Å². The van der Waals surface area contributed by atoms with Crippen molar-refractivity contribution in [2.75, 3.05) is 13.2 Å². The molecule has 0 aromatic carbocycles. The Labute approximate surface area is 238 Å². The number of carbonyl (C=O) groups excluding carboxylic acids is 2. The van der Waals surface area contributed by atoms with Crippen LogP contribution in [0.3, 0.4) is 0 Å². The summed E-state index contributed by atoms with van der Waals surface area (Å²) >= 11 is 0. The van der Waals surface area contributed by atoms with Crippen molar-refractivity contribution in [3.63, 3.8) is 0 Å². The number of esters is 2. The summed E-state index contributed by atoms with van der Waals surface area (Å²) in [5.41, 5.74) is 0. The van der Waals surface area contributed by atoms with E-state index in [1.807, 2.05) is 0 Å². The van der Waals surface area contributed by atoms with Gasteiger partial charge < -0.3 is 19.3 Å². The average molecular weight is 579 g/mol. The maximum Gasteiger partial charge on any atom is 0.469 e. The first kappa shape index (κ1) is 38.0. The van der Waals surface area contributed by atoms with Crippen LogP contribution in [0.5, 0.6) is 0 Å². The lowest BCUT2D eigenvalue weighted by Crippen LogP contribution is -2.29. The molecule has 0 aromatic rings. The molecule has 0 amide bonds. The maximum atomic E-state index is 12.2. The Morgan fingerprint density at radius 1 is 0.564 bits per heavy atom. The highest BCUT2D eigenvalue weighted by Crippen LogP contribution is 2.35. The van der Waals surface area contributed by atoms with Crippen molar-refractivity contribution in [2.45, 2.75) is 168 Å². The molecule has 39 heavy (non-hydrogen) atoms. The van der Waals surface area contributed by atoms with Crippen molar-refractivity contribution in [2.24, 2.45) is 0 Å². The number of hydrogen-bond acceptors (Lipinski definition) is 6. The molecule has 0 bridgehead atoms. The van der Waals surface area contributed by atoms with E-state index in [0.717, 1.165) is 38.5 Å². The number of unbranched alkanes of at least 4 members (excludes halogenated alkanes) is 19. The summed E-state index contributed by atoms with van der Waals surface area (Å²) in [4.78, 5) is 42.3. The number of rotatable bonds is 29. The molecule has 0 fully saturated rings. The van der Waals surface area contributed by atoms with Gasteiger partial charge in [-0.15, -0.1) is 0 Å². The van der Waals surface area contributed by atoms with Gasteiger partial charge in [0.1, 0.15) is 6.61 Å². The monoisotopic (exact) mass is 578 g/mol. The SMILES string of the molecule is CCCCCCCCCCCCCC(=O)OC(COC(=O)CCCCCCCCCCCC)COP(=O)(O)O. The number of phosphoric ester groups is 1. The van der Waals surface area contributed by atoms with Crippen LogP contribution in [0, 0.1) is 0 Å². The number of ether oxygens (including phenoxy) is 2. The largest absolute Gasteiger partial charge is 0.469 e. The molecule has 2 N–H and O–H groups in total. The highest BCUT2D eigenvalue weighted by molar-refractivity contribution is 7.46. The molecule has 0 radical (unpaired) electrons. The first-order chi connectivity index (χ1) is 18.8. The topological polar surface area (TPSA) is 119 Å². The van der Waals surface area contributed by atoms with Gasteiger partial charge in [0.25, 0.3) is 0 Å². The first-order valence-electron chi connectivity index (χ1n) is 15.8. The summed E-state index contributed by atoms with van der Waals surface area (Å²) in [5.74, 6) is -0.881. The Morgan fingerprint density at radius 3 is 1.31 bits per heavy atom.